The lowest BCUT2D eigenvalue weighted by atomic mass is 9.96. The number of para-hydroxylation sites is 1. The Bertz CT molecular complexity index is 1120. The fourth-order valence-corrected chi connectivity index (χ4v) is 4.87. The van der Waals surface area contributed by atoms with Gasteiger partial charge in [0.15, 0.2) is 0 Å². The van der Waals surface area contributed by atoms with Crippen LogP contribution in [0.2, 0.25) is 0 Å². The van der Waals surface area contributed by atoms with Crippen molar-refractivity contribution in [3.05, 3.63) is 47.9 Å². The topological polar surface area (TPSA) is 86.3 Å². The van der Waals surface area contributed by atoms with Crippen molar-refractivity contribution in [2.75, 3.05) is 31.5 Å². The van der Waals surface area contributed by atoms with E-state index in [9.17, 15) is 9.59 Å². The predicted octanol–water partition coefficient (Wildman–Crippen LogP) is 2.62. The number of nitrogens with one attached hydrogen (secondary N) is 2. The van der Waals surface area contributed by atoms with E-state index < -0.39 is 0 Å². The molecule has 2 aromatic heterocycles. The van der Waals surface area contributed by atoms with Crippen molar-refractivity contribution >= 4 is 28.4 Å². The number of carbonyl (C=O) groups excluding carboxylic acids is 2. The number of nitrogens with zero attached hydrogens (tertiary/aromatic N) is 4. The number of H-pyrrole nitrogens is 1. The third kappa shape index (κ3) is 4.14. The Morgan fingerprint density at radius 3 is 2.78 bits per heavy atom. The summed E-state index contributed by atoms with van der Waals surface area (Å²) in [5.41, 5.74) is 4.40. The number of benzene rings is 1. The summed E-state index contributed by atoms with van der Waals surface area (Å²) in [7, 11) is 0. The highest BCUT2D eigenvalue weighted by Gasteiger charge is 2.29. The Morgan fingerprint density at radius 2 is 2.00 bits per heavy atom. The van der Waals surface area contributed by atoms with E-state index >= 15 is 0 Å². The number of aryl methyl sites for hydroxylation is 1. The van der Waals surface area contributed by atoms with Crippen molar-refractivity contribution in [1.29, 1.82) is 0 Å². The van der Waals surface area contributed by atoms with Gasteiger partial charge in [-0.25, -0.2) is 0 Å². The summed E-state index contributed by atoms with van der Waals surface area (Å²) in [6, 6.07) is 8.31. The molecule has 8 heteroatoms. The van der Waals surface area contributed by atoms with Crippen LogP contribution in [0.1, 0.15) is 31.0 Å². The fourth-order valence-electron chi connectivity index (χ4n) is 4.87. The molecule has 2 aliphatic heterocycles. The van der Waals surface area contributed by atoms with Gasteiger partial charge in [0, 0.05) is 60.3 Å². The molecule has 8 nitrogen and oxygen atoms in total. The van der Waals surface area contributed by atoms with Crippen molar-refractivity contribution in [2.45, 2.75) is 39.3 Å². The molecule has 4 heterocycles. The van der Waals surface area contributed by atoms with E-state index in [2.05, 4.69) is 32.4 Å². The van der Waals surface area contributed by atoms with E-state index in [1.165, 1.54) is 16.6 Å². The Kier molecular flexibility index (Phi) is 5.70. The van der Waals surface area contributed by atoms with Crippen molar-refractivity contribution in [2.24, 2.45) is 5.92 Å². The lowest BCUT2D eigenvalue weighted by Gasteiger charge is -2.33. The van der Waals surface area contributed by atoms with Crippen LogP contribution in [0.5, 0.6) is 0 Å². The standard InChI is InChI=1S/C24H30N6O2/c1-2-30-14-18(13-25-30)26-24(32)17-7-10-28(11-8-17)16-23(31)29-12-9-22-20(15-29)19-5-3-4-6-21(19)27-22/h3-6,13-14,17,27H,2,7-12,15-16H2,1H3,(H,26,32). The first kappa shape index (κ1) is 20.8. The first-order valence-corrected chi connectivity index (χ1v) is 11.5. The molecule has 0 atom stereocenters. The van der Waals surface area contributed by atoms with Crippen molar-refractivity contribution in [3.8, 4) is 0 Å². The molecule has 0 radical (unpaired) electrons. The molecule has 168 valence electrons. The van der Waals surface area contributed by atoms with Crippen LogP contribution < -0.4 is 5.32 Å². The van der Waals surface area contributed by atoms with Crippen molar-refractivity contribution in [1.82, 2.24) is 24.6 Å². The van der Waals surface area contributed by atoms with Gasteiger partial charge in [0.2, 0.25) is 11.8 Å². The normalized spacial score (nSPS) is 17.5. The highest BCUT2D eigenvalue weighted by molar-refractivity contribution is 5.92. The molecule has 1 saturated heterocycles. The summed E-state index contributed by atoms with van der Waals surface area (Å²) in [6.45, 7) is 6.18. The number of piperidine rings is 1. The van der Waals surface area contributed by atoms with Gasteiger partial charge < -0.3 is 15.2 Å². The SMILES string of the molecule is CCn1cc(NC(=O)C2CCN(CC(=O)N3CCc4[nH]c5ccccc5c4C3)CC2)cn1. The Balaban J connectivity index is 1.13. The molecule has 1 aromatic carbocycles. The zero-order valence-corrected chi connectivity index (χ0v) is 18.5. The van der Waals surface area contributed by atoms with Gasteiger partial charge in [0.25, 0.3) is 0 Å². The molecule has 0 spiro atoms. The minimum Gasteiger partial charge on any atom is -0.358 e. The maximum absolute atomic E-state index is 13.0. The van der Waals surface area contributed by atoms with Crippen LogP contribution in [-0.2, 0) is 29.1 Å². The number of fused-ring (bicyclic) bond motifs is 3. The molecule has 0 bridgehead atoms. The summed E-state index contributed by atoms with van der Waals surface area (Å²) in [6.07, 6.45) is 5.95. The highest BCUT2D eigenvalue weighted by Crippen LogP contribution is 2.28. The fraction of sp³-hybridized carbons (Fsp3) is 0.458. The number of aromatic amines is 1. The molecule has 2 amide bonds. The van der Waals surface area contributed by atoms with Crippen LogP contribution in [0.15, 0.2) is 36.7 Å². The Hall–Kier alpha value is -3.13. The second-order valence-electron chi connectivity index (χ2n) is 8.82. The predicted molar refractivity (Wildman–Crippen MR) is 123 cm³/mol. The van der Waals surface area contributed by atoms with E-state index in [0.29, 0.717) is 13.1 Å². The Morgan fingerprint density at radius 1 is 1.19 bits per heavy atom. The van der Waals surface area contributed by atoms with E-state index in [0.717, 1.165) is 56.6 Å². The molecule has 0 saturated carbocycles. The van der Waals surface area contributed by atoms with Gasteiger partial charge >= 0.3 is 0 Å². The van der Waals surface area contributed by atoms with Gasteiger partial charge in [0.05, 0.1) is 18.4 Å². The maximum Gasteiger partial charge on any atom is 0.237 e. The quantitative estimate of drug-likeness (QED) is 0.646. The number of amides is 2. The van der Waals surface area contributed by atoms with Crippen LogP contribution in [0.3, 0.4) is 0 Å². The minimum atomic E-state index is -0.0184. The van der Waals surface area contributed by atoms with Crippen LogP contribution in [0.25, 0.3) is 10.9 Å². The molecule has 0 unspecified atom stereocenters. The van der Waals surface area contributed by atoms with Gasteiger partial charge in [-0.05, 0) is 38.9 Å². The third-order valence-electron chi connectivity index (χ3n) is 6.78. The summed E-state index contributed by atoms with van der Waals surface area (Å²) >= 11 is 0. The average molecular weight is 435 g/mol. The number of anilines is 1. The maximum atomic E-state index is 13.0. The lowest BCUT2D eigenvalue weighted by Crippen LogP contribution is -2.46. The average Bonchev–Trinajstić information content (AvgIpc) is 3.43. The molecule has 1 fully saturated rings. The minimum absolute atomic E-state index is 0.0184. The number of hydrogen-bond donors (Lipinski definition) is 2. The summed E-state index contributed by atoms with van der Waals surface area (Å²) in [4.78, 5) is 33.3. The number of hydrogen-bond acceptors (Lipinski definition) is 4. The van der Waals surface area contributed by atoms with Crippen LogP contribution in [-0.4, -0.2) is 62.6 Å². The lowest BCUT2D eigenvalue weighted by molar-refractivity contribution is -0.133. The number of likely N-dealkylation sites (tertiary alicyclic amines) is 1. The second-order valence-corrected chi connectivity index (χ2v) is 8.82. The largest absolute Gasteiger partial charge is 0.358 e. The number of aromatic nitrogens is 3. The van der Waals surface area contributed by atoms with E-state index in [-0.39, 0.29) is 17.7 Å². The molecular weight excluding hydrogens is 404 g/mol. The van der Waals surface area contributed by atoms with E-state index in [4.69, 9.17) is 0 Å². The van der Waals surface area contributed by atoms with Crippen LogP contribution >= 0.6 is 0 Å². The zero-order chi connectivity index (χ0) is 22.1. The third-order valence-corrected chi connectivity index (χ3v) is 6.78. The molecule has 32 heavy (non-hydrogen) atoms. The molecular formula is C24H30N6O2. The van der Waals surface area contributed by atoms with Gasteiger partial charge in [-0.1, -0.05) is 18.2 Å². The molecule has 2 N–H and O–H groups in total. The molecule has 5 rings (SSSR count). The number of rotatable bonds is 5. The highest BCUT2D eigenvalue weighted by atomic mass is 16.2. The monoisotopic (exact) mass is 434 g/mol. The van der Waals surface area contributed by atoms with Gasteiger partial charge in [-0.2, -0.15) is 5.10 Å². The number of carbonyl (C=O) groups is 2. The first-order chi connectivity index (χ1) is 15.6. The van der Waals surface area contributed by atoms with Gasteiger partial charge in [0.1, 0.15) is 0 Å². The summed E-state index contributed by atoms with van der Waals surface area (Å²) < 4.78 is 1.80. The molecule has 0 aliphatic carbocycles. The first-order valence-electron chi connectivity index (χ1n) is 11.5. The van der Waals surface area contributed by atoms with Gasteiger partial charge in [-0.3, -0.25) is 19.2 Å². The van der Waals surface area contributed by atoms with Gasteiger partial charge in [-0.15, -0.1) is 0 Å². The van der Waals surface area contributed by atoms with Crippen LogP contribution in [0.4, 0.5) is 5.69 Å². The zero-order valence-electron chi connectivity index (χ0n) is 18.5. The van der Waals surface area contributed by atoms with Crippen LogP contribution in [0, 0.1) is 5.92 Å². The summed E-state index contributed by atoms with van der Waals surface area (Å²) in [5, 5.41) is 8.39. The second kappa shape index (κ2) is 8.78. The van der Waals surface area contributed by atoms with E-state index in [1.807, 2.05) is 30.2 Å². The van der Waals surface area contributed by atoms with Crippen molar-refractivity contribution in [3.63, 3.8) is 0 Å². The van der Waals surface area contributed by atoms with Crippen molar-refractivity contribution < 1.29 is 9.59 Å². The molecule has 3 aromatic rings. The molecule has 2 aliphatic rings. The smallest absolute Gasteiger partial charge is 0.237 e. The Labute approximate surface area is 187 Å². The summed E-state index contributed by atoms with van der Waals surface area (Å²) in [5.74, 6) is 0.209. The van der Waals surface area contributed by atoms with E-state index in [1.54, 1.807) is 10.9 Å².